The second kappa shape index (κ2) is 7.81. The predicted octanol–water partition coefficient (Wildman–Crippen LogP) is 4.20. The quantitative estimate of drug-likeness (QED) is 0.690. The average Bonchev–Trinajstić information content (AvgIpc) is 2.62. The largest absolute Gasteiger partial charge is 0.495 e. The van der Waals surface area contributed by atoms with Crippen molar-refractivity contribution >= 4 is 29.1 Å². The molecule has 2 N–H and O–H groups in total. The Bertz CT molecular complexity index is 854. The van der Waals surface area contributed by atoms with Crippen molar-refractivity contribution in [2.45, 2.75) is 13.5 Å². The molecule has 0 saturated carbocycles. The molecule has 128 valence electrons. The van der Waals surface area contributed by atoms with E-state index in [2.05, 4.69) is 25.8 Å². The first-order valence-electron chi connectivity index (χ1n) is 7.74. The molecule has 0 fully saturated rings. The van der Waals surface area contributed by atoms with Crippen molar-refractivity contribution in [3.8, 4) is 5.75 Å². The van der Waals surface area contributed by atoms with Crippen LogP contribution in [0, 0.1) is 6.92 Å². The Labute approximate surface area is 151 Å². The monoisotopic (exact) mass is 355 g/mol. The summed E-state index contributed by atoms with van der Waals surface area (Å²) in [4.78, 5) is 4.43. The molecule has 1 aromatic heterocycles. The molecule has 3 aromatic rings. The maximum absolute atomic E-state index is 5.89. The van der Waals surface area contributed by atoms with Crippen molar-refractivity contribution in [2.75, 3.05) is 17.7 Å². The van der Waals surface area contributed by atoms with Crippen LogP contribution in [-0.4, -0.2) is 22.3 Å². The van der Waals surface area contributed by atoms with Gasteiger partial charge in [-0.15, -0.1) is 5.10 Å². The van der Waals surface area contributed by atoms with E-state index in [1.807, 2.05) is 49.4 Å². The number of anilines is 3. The van der Waals surface area contributed by atoms with Gasteiger partial charge in [-0.05, 0) is 42.3 Å². The molecule has 0 bridgehead atoms. The molecule has 0 amide bonds. The number of aryl methyl sites for hydroxylation is 1. The zero-order chi connectivity index (χ0) is 17.6. The first-order chi connectivity index (χ1) is 12.1. The van der Waals surface area contributed by atoms with Gasteiger partial charge in [-0.1, -0.05) is 29.8 Å². The normalized spacial score (nSPS) is 10.4. The van der Waals surface area contributed by atoms with Gasteiger partial charge in [0.05, 0.1) is 19.0 Å². The second-order valence-electron chi connectivity index (χ2n) is 5.47. The van der Waals surface area contributed by atoms with Crippen molar-refractivity contribution in [1.82, 2.24) is 15.2 Å². The Hall–Kier alpha value is -2.86. The van der Waals surface area contributed by atoms with Crippen LogP contribution in [0.3, 0.4) is 0 Å². The van der Waals surface area contributed by atoms with Crippen molar-refractivity contribution < 1.29 is 4.74 Å². The predicted molar refractivity (Wildman–Crippen MR) is 99.6 cm³/mol. The summed E-state index contributed by atoms with van der Waals surface area (Å²) in [7, 11) is 1.62. The summed E-state index contributed by atoms with van der Waals surface area (Å²) in [5.74, 6) is 1.73. The Morgan fingerprint density at radius 2 is 1.92 bits per heavy atom. The summed E-state index contributed by atoms with van der Waals surface area (Å²) in [5.41, 5.74) is 2.99. The highest BCUT2D eigenvalue weighted by Crippen LogP contribution is 2.27. The third kappa shape index (κ3) is 4.58. The molecule has 0 unspecified atom stereocenters. The van der Waals surface area contributed by atoms with Crippen molar-refractivity contribution in [1.29, 1.82) is 0 Å². The smallest absolute Gasteiger partial charge is 0.249 e. The number of aromatic nitrogens is 3. The van der Waals surface area contributed by atoms with Crippen LogP contribution in [0.2, 0.25) is 5.02 Å². The van der Waals surface area contributed by atoms with Crippen LogP contribution < -0.4 is 15.4 Å². The Morgan fingerprint density at radius 1 is 1.12 bits per heavy atom. The number of hydrogen-bond donors (Lipinski definition) is 2. The minimum Gasteiger partial charge on any atom is -0.495 e. The fourth-order valence-corrected chi connectivity index (χ4v) is 2.40. The number of hydrogen-bond acceptors (Lipinski definition) is 6. The van der Waals surface area contributed by atoms with E-state index in [0.29, 0.717) is 29.1 Å². The van der Waals surface area contributed by atoms with Crippen LogP contribution >= 0.6 is 11.6 Å². The van der Waals surface area contributed by atoms with Crippen LogP contribution in [0.15, 0.2) is 48.7 Å². The van der Waals surface area contributed by atoms with Gasteiger partial charge in [0.15, 0.2) is 5.82 Å². The van der Waals surface area contributed by atoms with E-state index < -0.39 is 0 Å². The third-order valence-corrected chi connectivity index (χ3v) is 3.80. The Balaban J connectivity index is 1.71. The zero-order valence-electron chi connectivity index (χ0n) is 14.0. The third-order valence-electron chi connectivity index (χ3n) is 3.55. The average molecular weight is 356 g/mol. The van der Waals surface area contributed by atoms with E-state index in [1.54, 1.807) is 13.3 Å². The maximum atomic E-state index is 5.89. The molecule has 0 aliphatic heterocycles. The van der Waals surface area contributed by atoms with Gasteiger partial charge < -0.3 is 15.4 Å². The molecular formula is C18H18ClN5O. The highest BCUT2D eigenvalue weighted by atomic mass is 35.5. The molecule has 0 radical (unpaired) electrons. The number of ether oxygens (including phenoxy) is 1. The molecule has 0 saturated heterocycles. The van der Waals surface area contributed by atoms with Crippen LogP contribution in [0.1, 0.15) is 11.1 Å². The molecule has 25 heavy (non-hydrogen) atoms. The zero-order valence-corrected chi connectivity index (χ0v) is 14.7. The number of benzene rings is 2. The Kier molecular flexibility index (Phi) is 5.30. The fraction of sp³-hybridized carbons (Fsp3) is 0.167. The molecular weight excluding hydrogens is 338 g/mol. The maximum Gasteiger partial charge on any atom is 0.249 e. The fourth-order valence-electron chi connectivity index (χ4n) is 2.28. The first kappa shape index (κ1) is 17.0. The molecule has 0 aliphatic carbocycles. The van der Waals surface area contributed by atoms with E-state index in [9.17, 15) is 0 Å². The molecule has 0 atom stereocenters. The van der Waals surface area contributed by atoms with Gasteiger partial charge >= 0.3 is 0 Å². The minimum atomic E-state index is 0.394. The minimum absolute atomic E-state index is 0.394. The lowest BCUT2D eigenvalue weighted by molar-refractivity contribution is 0.416. The van der Waals surface area contributed by atoms with Gasteiger partial charge in [0.25, 0.3) is 0 Å². The van der Waals surface area contributed by atoms with Crippen LogP contribution in [0.4, 0.5) is 17.5 Å². The first-order valence-corrected chi connectivity index (χ1v) is 8.11. The van der Waals surface area contributed by atoms with Gasteiger partial charge in [-0.3, -0.25) is 0 Å². The molecule has 2 aromatic carbocycles. The van der Waals surface area contributed by atoms with Gasteiger partial charge in [-0.2, -0.15) is 10.1 Å². The summed E-state index contributed by atoms with van der Waals surface area (Å²) >= 11 is 5.89. The number of halogens is 1. The SMILES string of the molecule is COc1ccc(C)cc1Nc1nncc(NCc2ccc(Cl)cc2)n1. The van der Waals surface area contributed by atoms with Crippen LogP contribution in [0.25, 0.3) is 0 Å². The van der Waals surface area contributed by atoms with Crippen molar-refractivity contribution in [3.05, 3.63) is 64.8 Å². The van der Waals surface area contributed by atoms with Crippen LogP contribution in [-0.2, 0) is 6.54 Å². The van der Waals surface area contributed by atoms with E-state index in [4.69, 9.17) is 16.3 Å². The molecule has 7 heteroatoms. The highest BCUT2D eigenvalue weighted by Gasteiger charge is 2.07. The van der Waals surface area contributed by atoms with Gasteiger partial charge in [0, 0.05) is 11.6 Å². The summed E-state index contributed by atoms with van der Waals surface area (Å²) < 4.78 is 5.35. The number of methoxy groups -OCH3 is 1. The molecule has 0 aliphatic rings. The Morgan fingerprint density at radius 3 is 2.68 bits per heavy atom. The van der Waals surface area contributed by atoms with Crippen molar-refractivity contribution in [3.63, 3.8) is 0 Å². The second-order valence-corrected chi connectivity index (χ2v) is 5.91. The molecule has 3 rings (SSSR count). The number of rotatable bonds is 6. The van der Waals surface area contributed by atoms with Crippen LogP contribution in [0.5, 0.6) is 5.75 Å². The van der Waals surface area contributed by atoms with E-state index in [0.717, 1.165) is 16.8 Å². The van der Waals surface area contributed by atoms with Gasteiger partial charge in [-0.25, -0.2) is 0 Å². The van der Waals surface area contributed by atoms with E-state index in [1.165, 1.54) is 0 Å². The van der Waals surface area contributed by atoms with E-state index >= 15 is 0 Å². The molecule has 1 heterocycles. The van der Waals surface area contributed by atoms with Gasteiger partial charge in [0.1, 0.15) is 5.75 Å². The van der Waals surface area contributed by atoms with E-state index in [-0.39, 0.29) is 0 Å². The number of nitrogens with zero attached hydrogens (tertiary/aromatic N) is 3. The molecule has 0 spiro atoms. The summed E-state index contributed by atoms with van der Waals surface area (Å²) in [5, 5.41) is 15.1. The molecule has 6 nitrogen and oxygen atoms in total. The lowest BCUT2D eigenvalue weighted by atomic mass is 10.2. The van der Waals surface area contributed by atoms with Gasteiger partial charge in [0.2, 0.25) is 5.95 Å². The summed E-state index contributed by atoms with van der Waals surface area (Å²) in [6, 6.07) is 13.5. The number of nitrogens with one attached hydrogen (secondary N) is 2. The summed E-state index contributed by atoms with van der Waals surface area (Å²) in [6.45, 7) is 2.62. The summed E-state index contributed by atoms with van der Waals surface area (Å²) in [6.07, 6.45) is 1.58. The lowest BCUT2D eigenvalue weighted by Crippen LogP contribution is -2.06. The highest BCUT2D eigenvalue weighted by molar-refractivity contribution is 6.30. The van der Waals surface area contributed by atoms with Crippen molar-refractivity contribution in [2.24, 2.45) is 0 Å². The topological polar surface area (TPSA) is 72.0 Å². The lowest BCUT2D eigenvalue weighted by Gasteiger charge is -2.11. The standard InChI is InChI=1S/C18H18ClN5O/c1-12-3-8-16(25-2)15(9-12)22-18-23-17(11-21-24-18)20-10-13-4-6-14(19)7-5-13/h3-9,11H,10H2,1-2H3,(H2,20,22,23,24).